The first kappa shape index (κ1) is 19.1. The number of sulfonamides is 1. The van der Waals surface area contributed by atoms with Gasteiger partial charge in [-0.3, -0.25) is 4.72 Å². The molecule has 4 aromatic rings. The Morgan fingerprint density at radius 1 is 1.00 bits per heavy atom. The summed E-state index contributed by atoms with van der Waals surface area (Å²) in [5.41, 5.74) is 4.59. The van der Waals surface area contributed by atoms with Crippen molar-refractivity contribution < 1.29 is 12.8 Å². The minimum Gasteiger partial charge on any atom is -0.342 e. The number of halogens is 1. The molecule has 4 rings (SSSR count). The number of H-pyrrole nitrogens is 1. The van der Waals surface area contributed by atoms with Crippen LogP contribution in [0.1, 0.15) is 17.0 Å². The highest BCUT2D eigenvalue weighted by molar-refractivity contribution is 7.92. The molecule has 0 amide bonds. The second-order valence-corrected chi connectivity index (χ2v) is 8.59. The Bertz CT molecular complexity index is 1260. The van der Waals surface area contributed by atoms with Crippen LogP contribution in [0, 0.1) is 12.7 Å². The van der Waals surface area contributed by atoms with E-state index < -0.39 is 15.8 Å². The van der Waals surface area contributed by atoms with Crippen molar-refractivity contribution in [2.75, 3.05) is 4.72 Å². The molecule has 148 valence electrons. The molecule has 0 bridgehead atoms. The van der Waals surface area contributed by atoms with Gasteiger partial charge < -0.3 is 4.98 Å². The molecule has 2 N–H and O–H groups in total. The fourth-order valence-corrected chi connectivity index (χ4v) is 4.31. The molecule has 0 aliphatic carbocycles. The summed E-state index contributed by atoms with van der Waals surface area (Å²) in [4.78, 5) is 7.56. The normalized spacial score (nSPS) is 11.7. The van der Waals surface area contributed by atoms with E-state index in [0.29, 0.717) is 5.69 Å². The quantitative estimate of drug-likeness (QED) is 0.489. The highest BCUT2D eigenvalue weighted by Gasteiger charge is 2.18. The topological polar surface area (TPSA) is 74.8 Å². The van der Waals surface area contributed by atoms with Crippen LogP contribution in [0.15, 0.2) is 71.6 Å². The zero-order valence-electron chi connectivity index (χ0n) is 15.8. The van der Waals surface area contributed by atoms with Crippen LogP contribution in [0.2, 0.25) is 0 Å². The van der Waals surface area contributed by atoms with E-state index in [-0.39, 0.29) is 4.90 Å². The molecule has 0 saturated carbocycles. The lowest BCUT2D eigenvalue weighted by Crippen LogP contribution is -2.14. The van der Waals surface area contributed by atoms with Crippen molar-refractivity contribution in [1.82, 2.24) is 9.97 Å². The molecule has 0 unspecified atom stereocenters. The van der Waals surface area contributed by atoms with E-state index in [1.165, 1.54) is 23.8 Å². The Morgan fingerprint density at radius 3 is 2.52 bits per heavy atom. The number of anilines is 1. The predicted octanol–water partition coefficient (Wildman–Crippen LogP) is 4.60. The Kier molecular flexibility index (Phi) is 5.07. The van der Waals surface area contributed by atoms with Gasteiger partial charge in [0.15, 0.2) is 0 Å². The molecule has 3 aromatic carbocycles. The van der Waals surface area contributed by atoms with Crippen LogP contribution < -0.4 is 4.72 Å². The molecule has 0 saturated heterocycles. The average molecular weight is 409 g/mol. The monoisotopic (exact) mass is 409 g/mol. The highest BCUT2D eigenvalue weighted by atomic mass is 32.2. The largest absolute Gasteiger partial charge is 0.342 e. The molecule has 0 radical (unpaired) electrons. The molecule has 5 nitrogen and oxygen atoms in total. The van der Waals surface area contributed by atoms with Crippen molar-refractivity contribution in [1.29, 1.82) is 0 Å². The van der Waals surface area contributed by atoms with Gasteiger partial charge in [0.1, 0.15) is 16.5 Å². The summed E-state index contributed by atoms with van der Waals surface area (Å²) in [6, 6.07) is 18.5. The molecular formula is C22H20FN3O2S. The number of rotatable bonds is 6. The van der Waals surface area contributed by atoms with Crippen LogP contribution >= 0.6 is 0 Å². The number of benzene rings is 3. The number of hydrogen-bond donors (Lipinski definition) is 2. The fraction of sp³-hybridized carbons (Fsp3) is 0.136. The third-order valence-corrected chi connectivity index (χ3v) is 6.08. The molecule has 7 heteroatoms. The summed E-state index contributed by atoms with van der Waals surface area (Å²) in [7, 11) is -3.97. The van der Waals surface area contributed by atoms with E-state index in [9.17, 15) is 12.8 Å². The smallest absolute Gasteiger partial charge is 0.264 e. The third kappa shape index (κ3) is 4.30. The molecular weight excluding hydrogens is 389 g/mol. The maximum atomic E-state index is 13.8. The molecule has 0 atom stereocenters. The SMILES string of the molecule is Cc1ccc2nc(CCc3ccc(NS(=O)(=O)c4ccccc4F)cc3)[nH]c2c1. The first-order chi connectivity index (χ1) is 13.9. The summed E-state index contributed by atoms with van der Waals surface area (Å²) >= 11 is 0. The van der Waals surface area contributed by atoms with Crippen LogP contribution in [0.4, 0.5) is 10.1 Å². The van der Waals surface area contributed by atoms with E-state index in [1.54, 1.807) is 12.1 Å². The number of fused-ring (bicyclic) bond motifs is 1. The summed E-state index contributed by atoms with van der Waals surface area (Å²) in [6.45, 7) is 2.04. The Labute approximate surface area is 168 Å². The molecule has 0 aliphatic heterocycles. The van der Waals surface area contributed by atoms with Crippen molar-refractivity contribution in [2.45, 2.75) is 24.7 Å². The molecule has 0 aliphatic rings. The third-order valence-electron chi connectivity index (χ3n) is 4.67. The number of aromatic nitrogens is 2. The maximum Gasteiger partial charge on any atom is 0.264 e. The number of hydrogen-bond acceptors (Lipinski definition) is 3. The first-order valence-electron chi connectivity index (χ1n) is 9.22. The van der Waals surface area contributed by atoms with E-state index in [1.807, 2.05) is 31.2 Å². The van der Waals surface area contributed by atoms with Gasteiger partial charge in [0.2, 0.25) is 0 Å². The van der Waals surface area contributed by atoms with Gasteiger partial charge in [-0.2, -0.15) is 0 Å². The number of aryl methyl sites for hydroxylation is 3. The number of nitrogens with zero attached hydrogens (tertiary/aromatic N) is 1. The number of imidazole rings is 1. The van der Waals surface area contributed by atoms with Gasteiger partial charge in [0.25, 0.3) is 10.0 Å². The number of nitrogens with one attached hydrogen (secondary N) is 2. The summed E-state index contributed by atoms with van der Waals surface area (Å²) in [5.74, 6) is 0.132. The van der Waals surface area contributed by atoms with E-state index in [2.05, 4.69) is 20.8 Å². The van der Waals surface area contributed by atoms with Crippen LogP contribution in [0.5, 0.6) is 0 Å². The van der Waals surface area contributed by atoms with E-state index >= 15 is 0 Å². The Hall–Kier alpha value is -3.19. The van der Waals surface area contributed by atoms with Crippen molar-refractivity contribution in [3.05, 3.63) is 89.5 Å². The van der Waals surface area contributed by atoms with Crippen LogP contribution in [-0.4, -0.2) is 18.4 Å². The minimum absolute atomic E-state index is 0.371. The summed E-state index contributed by atoms with van der Waals surface area (Å²) in [5, 5.41) is 0. The minimum atomic E-state index is -3.97. The average Bonchev–Trinajstić information content (AvgIpc) is 3.09. The number of aromatic amines is 1. The highest BCUT2D eigenvalue weighted by Crippen LogP contribution is 2.20. The zero-order chi connectivity index (χ0) is 20.4. The lowest BCUT2D eigenvalue weighted by Gasteiger charge is -2.09. The predicted molar refractivity (Wildman–Crippen MR) is 112 cm³/mol. The Morgan fingerprint density at radius 2 is 1.76 bits per heavy atom. The van der Waals surface area contributed by atoms with Crippen LogP contribution in [-0.2, 0) is 22.9 Å². The lowest BCUT2D eigenvalue weighted by atomic mass is 10.1. The molecule has 29 heavy (non-hydrogen) atoms. The summed E-state index contributed by atoms with van der Waals surface area (Å²) in [6.07, 6.45) is 1.51. The standard InChI is InChI=1S/C22H20FN3O2S/c1-15-6-12-19-20(14-15)25-22(24-19)13-9-16-7-10-17(11-8-16)26-29(27,28)21-5-3-2-4-18(21)23/h2-8,10-12,14,26H,9,13H2,1H3,(H,24,25). The van der Waals surface area contributed by atoms with Crippen LogP contribution in [0.3, 0.4) is 0 Å². The van der Waals surface area contributed by atoms with Crippen molar-refractivity contribution >= 4 is 26.7 Å². The lowest BCUT2D eigenvalue weighted by molar-refractivity contribution is 0.570. The fourth-order valence-electron chi connectivity index (χ4n) is 3.17. The van der Waals surface area contributed by atoms with E-state index in [4.69, 9.17) is 0 Å². The molecule has 1 aromatic heterocycles. The van der Waals surface area contributed by atoms with Crippen LogP contribution in [0.25, 0.3) is 11.0 Å². The van der Waals surface area contributed by atoms with Gasteiger partial charge in [-0.25, -0.2) is 17.8 Å². The van der Waals surface area contributed by atoms with Gasteiger partial charge in [0, 0.05) is 12.1 Å². The maximum absolute atomic E-state index is 13.8. The molecule has 0 spiro atoms. The van der Waals surface area contributed by atoms with Crippen molar-refractivity contribution in [2.24, 2.45) is 0 Å². The van der Waals surface area contributed by atoms with Gasteiger partial charge >= 0.3 is 0 Å². The van der Waals surface area contributed by atoms with Gasteiger partial charge in [-0.1, -0.05) is 30.3 Å². The Balaban J connectivity index is 1.43. The first-order valence-corrected chi connectivity index (χ1v) is 10.7. The van der Waals surface area contributed by atoms with E-state index in [0.717, 1.165) is 41.3 Å². The second-order valence-electron chi connectivity index (χ2n) is 6.94. The summed E-state index contributed by atoms with van der Waals surface area (Å²) < 4.78 is 40.9. The molecule has 1 heterocycles. The molecule has 0 fully saturated rings. The van der Waals surface area contributed by atoms with Gasteiger partial charge in [-0.15, -0.1) is 0 Å². The van der Waals surface area contributed by atoms with Gasteiger partial charge in [-0.05, 0) is 60.9 Å². The zero-order valence-corrected chi connectivity index (χ0v) is 16.6. The second kappa shape index (κ2) is 7.67. The van der Waals surface area contributed by atoms with Crippen molar-refractivity contribution in [3.8, 4) is 0 Å². The van der Waals surface area contributed by atoms with Gasteiger partial charge in [0.05, 0.1) is 11.0 Å². The van der Waals surface area contributed by atoms with Crippen molar-refractivity contribution in [3.63, 3.8) is 0 Å².